The second kappa shape index (κ2) is 38.0. The number of barbiturate groups is 4. The van der Waals surface area contributed by atoms with E-state index in [0.29, 0.717) is 47.9 Å². The van der Waals surface area contributed by atoms with Gasteiger partial charge in [-0.2, -0.15) is 0 Å². The SMILES string of the molecule is C1COCCO1.C1COCCO1.C1COCCO1.C1COCCO1.CCC1(c2ccccc2)C(=O)NC(=O)NC1=O.CCC1(c2ccccc2)C(=O)NC(=O)NC1=O.CCC1(c2ccccc2)C(=O)NC(=O)NC1=O.CCC1(c2ccccc2)C(=O)NC(=O)NC1=O. The van der Waals surface area contributed by atoms with Crippen LogP contribution in [0.25, 0.3) is 0 Å². The van der Waals surface area contributed by atoms with Gasteiger partial charge in [0.15, 0.2) is 21.7 Å². The highest BCUT2D eigenvalue weighted by Gasteiger charge is 2.53. The molecule has 0 aromatic heterocycles. The Morgan fingerprint density at radius 3 is 0.446 bits per heavy atom. The number of amides is 16. The predicted octanol–water partition coefficient (Wildman–Crippen LogP) is 2.93. The molecule has 16 amide bonds. The van der Waals surface area contributed by atoms with Gasteiger partial charge < -0.3 is 37.9 Å². The molecule has 0 spiro atoms. The Morgan fingerprint density at radius 2 is 0.348 bits per heavy atom. The maximum atomic E-state index is 12.0. The number of rotatable bonds is 8. The molecule has 12 rings (SSSR count). The molecule has 496 valence electrons. The first-order valence-corrected chi connectivity index (χ1v) is 30.0. The number of carbonyl (C=O) groups excluding carboxylic acids is 12. The van der Waals surface area contributed by atoms with Crippen LogP contribution < -0.4 is 42.5 Å². The number of carbonyl (C=O) groups is 12. The summed E-state index contributed by atoms with van der Waals surface area (Å²) in [6, 6.07) is 31.8. The maximum Gasteiger partial charge on any atom is 0.328 e. The van der Waals surface area contributed by atoms with E-state index in [0.717, 1.165) is 106 Å². The fourth-order valence-electron chi connectivity index (χ4n) is 10.0. The van der Waals surface area contributed by atoms with E-state index in [9.17, 15) is 57.5 Å². The quantitative estimate of drug-likeness (QED) is 0.118. The highest BCUT2D eigenvalue weighted by molar-refractivity contribution is 6.25. The van der Waals surface area contributed by atoms with E-state index in [4.69, 9.17) is 37.9 Å². The van der Waals surface area contributed by atoms with Crippen LogP contribution in [-0.2, 0) is 97.9 Å². The smallest absolute Gasteiger partial charge is 0.328 e. The lowest BCUT2D eigenvalue weighted by Crippen LogP contribution is -2.64. The molecule has 0 atom stereocenters. The van der Waals surface area contributed by atoms with Crippen LogP contribution in [0.3, 0.4) is 0 Å². The van der Waals surface area contributed by atoms with Gasteiger partial charge in [-0.05, 0) is 47.9 Å². The van der Waals surface area contributed by atoms with Gasteiger partial charge in [0.2, 0.25) is 47.3 Å². The summed E-state index contributed by atoms with van der Waals surface area (Å²) in [5.74, 6) is -4.56. The van der Waals surface area contributed by atoms with E-state index in [-0.39, 0.29) is 0 Å². The van der Waals surface area contributed by atoms with Crippen molar-refractivity contribution >= 4 is 71.4 Å². The Balaban J connectivity index is 0.000000198. The van der Waals surface area contributed by atoms with Crippen molar-refractivity contribution in [1.82, 2.24) is 42.5 Å². The normalized spacial score (nSPS) is 20.0. The van der Waals surface area contributed by atoms with Gasteiger partial charge in [0.1, 0.15) is 0 Å². The van der Waals surface area contributed by atoms with E-state index in [1.54, 1.807) is 149 Å². The first kappa shape index (κ1) is 73.7. The molecule has 8 N–H and O–H groups in total. The first-order chi connectivity index (χ1) is 44.4. The van der Waals surface area contributed by atoms with Crippen molar-refractivity contribution in [2.45, 2.75) is 75.0 Å². The van der Waals surface area contributed by atoms with E-state index in [1.807, 2.05) is 0 Å². The molecule has 8 heterocycles. The van der Waals surface area contributed by atoms with Crippen molar-refractivity contribution in [1.29, 1.82) is 0 Å². The summed E-state index contributed by atoms with van der Waals surface area (Å²) in [5, 5.41) is 17.1. The largest absolute Gasteiger partial charge is 0.377 e. The molecule has 8 aliphatic heterocycles. The zero-order valence-electron chi connectivity index (χ0n) is 51.9. The molecule has 0 saturated carbocycles. The standard InChI is InChI=1S/4C12H12N2O3.4C4H8O2/c4*1-2-12(8-6-4-3-5-7-8)9(15)13-11(17)14-10(12)16;4*1-2-6-4-3-5-1/h4*3-7H,2H2,1H3,(H2,13,14,15,16,17);4*1-4H2. The summed E-state index contributed by atoms with van der Waals surface area (Å²) in [5.41, 5.74) is -2.89. The Bertz CT molecular complexity index is 2560. The van der Waals surface area contributed by atoms with E-state index >= 15 is 0 Å². The summed E-state index contributed by atoms with van der Waals surface area (Å²) in [7, 11) is 0. The fraction of sp³-hybridized carbons (Fsp3) is 0.438. The van der Waals surface area contributed by atoms with E-state index in [1.165, 1.54) is 0 Å². The minimum Gasteiger partial charge on any atom is -0.377 e. The van der Waals surface area contributed by atoms with Crippen LogP contribution in [0.5, 0.6) is 0 Å². The van der Waals surface area contributed by atoms with Crippen molar-refractivity contribution in [2.75, 3.05) is 106 Å². The molecule has 28 nitrogen and oxygen atoms in total. The third-order valence-electron chi connectivity index (χ3n) is 15.1. The number of imide groups is 8. The van der Waals surface area contributed by atoms with Crippen LogP contribution in [0, 0.1) is 0 Å². The summed E-state index contributed by atoms with van der Waals surface area (Å²) in [6.07, 6.45) is 1.17. The summed E-state index contributed by atoms with van der Waals surface area (Å²) >= 11 is 0. The second-order valence-electron chi connectivity index (χ2n) is 20.3. The molecule has 28 heteroatoms. The van der Waals surface area contributed by atoms with Crippen molar-refractivity contribution < 1.29 is 95.4 Å². The van der Waals surface area contributed by atoms with Gasteiger partial charge in [0.25, 0.3) is 0 Å². The molecule has 8 aliphatic rings. The maximum absolute atomic E-state index is 12.0. The Hall–Kier alpha value is -9.00. The van der Waals surface area contributed by atoms with Crippen LogP contribution in [0.4, 0.5) is 19.2 Å². The lowest BCUT2D eigenvalue weighted by Gasteiger charge is -2.33. The van der Waals surface area contributed by atoms with Crippen LogP contribution >= 0.6 is 0 Å². The van der Waals surface area contributed by atoms with Crippen molar-refractivity contribution in [2.24, 2.45) is 0 Å². The molecule has 0 bridgehead atoms. The number of ether oxygens (including phenoxy) is 8. The minimum atomic E-state index is -1.31. The van der Waals surface area contributed by atoms with Crippen molar-refractivity contribution in [3.63, 3.8) is 0 Å². The number of urea groups is 4. The van der Waals surface area contributed by atoms with Gasteiger partial charge >= 0.3 is 24.1 Å². The van der Waals surface area contributed by atoms with Crippen LogP contribution in [0.15, 0.2) is 121 Å². The third-order valence-corrected chi connectivity index (χ3v) is 15.1. The van der Waals surface area contributed by atoms with E-state index in [2.05, 4.69) is 42.5 Å². The summed E-state index contributed by atoms with van der Waals surface area (Å²) in [4.78, 5) is 140. The predicted molar refractivity (Wildman–Crippen MR) is 327 cm³/mol. The molecule has 92 heavy (non-hydrogen) atoms. The molecule has 0 unspecified atom stereocenters. The summed E-state index contributed by atoms with van der Waals surface area (Å²) in [6.45, 7) is 19.4. The van der Waals surface area contributed by atoms with Gasteiger partial charge in [-0.15, -0.1) is 0 Å². The lowest BCUT2D eigenvalue weighted by atomic mass is 9.75. The molecular formula is C64H80N8O20. The molecule has 0 aliphatic carbocycles. The van der Waals surface area contributed by atoms with Gasteiger partial charge in [-0.3, -0.25) is 80.9 Å². The number of nitrogens with one attached hydrogen (secondary N) is 8. The number of hydrogen-bond donors (Lipinski definition) is 8. The van der Waals surface area contributed by atoms with Gasteiger partial charge in [-0.25, -0.2) is 19.2 Å². The lowest BCUT2D eigenvalue weighted by molar-refractivity contribution is -0.140. The fourth-order valence-corrected chi connectivity index (χ4v) is 10.0. The summed E-state index contributed by atoms with van der Waals surface area (Å²) < 4.78 is 39.6. The van der Waals surface area contributed by atoms with Gasteiger partial charge in [0.05, 0.1) is 106 Å². The highest BCUT2D eigenvalue weighted by Crippen LogP contribution is 2.34. The van der Waals surface area contributed by atoms with Crippen LogP contribution in [-0.4, -0.2) is 177 Å². The molecule has 4 aromatic carbocycles. The van der Waals surface area contributed by atoms with Crippen LogP contribution in [0.1, 0.15) is 75.6 Å². The Morgan fingerprint density at radius 1 is 0.228 bits per heavy atom. The third kappa shape index (κ3) is 19.5. The molecular weight excluding hydrogens is 1200 g/mol. The zero-order chi connectivity index (χ0) is 66.8. The number of hydrogen-bond acceptors (Lipinski definition) is 20. The molecule has 0 radical (unpaired) electrons. The molecule has 8 saturated heterocycles. The molecule has 8 fully saturated rings. The highest BCUT2D eigenvalue weighted by atomic mass is 16.6. The number of benzene rings is 4. The Kier molecular flexibility index (Phi) is 30.4. The van der Waals surface area contributed by atoms with Gasteiger partial charge in [0, 0.05) is 0 Å². The second-order valence-corrected chi connectivity index (χ2v) is 20.3. The zero-order valence-corrected chi connectivity index (χ0v) is 51.9. The average Bonchev–Trinajstić information content (AvgIpc) is 0.860. The topological polar surface area (TPSA) is 375 Å². The molecule has 4 aromatic rings. The average molecular weight is 1280 g/mol. The van der Waals surface area contributed by atoms with Crippen LogP contribution in [0.2, 0.25) is 0 Å². The van der Waals surface area contributed by atoms with E-state index < -0.39 is 93.0 Å². The monoisotopic (exact) mass is 1280 g/mol. The van der Waals surface area contributed by atoms with Crippen molar-refractivity contribution in [3.05, 3.63) is 144 Å². The minimum absolute atomic E-state index is 0.294. The van der Waals surface area contributed by atoms with Crippen molar-refractivity contribution in [3.8, 4) is 0 Å². The Labute approximate surface area is 531 Å². The first-order valence-electron chi connectivity index (χ1n) is 30.0. The van der Waals surface area contributed by atoms with Gasteiger partial charge in [-0.1, -0.05) is 149 Å².